The second-order valence-corrected chi connectivity index (χ2v) is 8.74. The van der Waals surface area contributed by atoms with E-state index in [1.165, 1.54) is 0 Å². The van der Waals surface area contributed by atoms with Gasteiger partial charge in [-0.15, -0.1) is 0 Å². The van der Waals surface area contributed by atoms with Crippen LogP contribution in [0.2, 0.25) is 0 Å². The van der Waals surface area contributed by atoms with Gasteiger partial charge in [-0.25, -0.2) is 0 Å². The third kappa shape index (κ3) is 10.5. The SMILES string of the molecule is [Co+2].[NH-]C(=S)N/N=C(/C(=O)c1ccccc1)c1ccccc1.[NH-]C(=S)N/N=C(/C(=O)c1ccccc1)c1ccccc1. The maximum absolute atomic E-state index is 12.5. The number of carbonyl (C=O) groups excluding carboxylic acids is 2. The second-order valence-electron chi connectivity index (χ2n) is 7.93. The van der Waals surface area contributed by atoms with Crippen molar-refractivity contribution in [2.24, 2.45) is 10.2 Å². The monoisotopic (exact) mass is 623 g/mol. The van der Waals surface area contributed by atoms with Crippen molar-refractivity contribution >= 4 is 57.7 Å². The summed E-state index contributed by atoms with van der Waals surface area (Å²) in [6.07, 6.45) is 0. The van der Waals surface area contributed by atoms with E-state index in [9.17, 15) is 9.59 Å². The molecule has 0 bridgehead atoms. The van der Waals surface area contributed by atoms with Crippen molar-refractivity contribution in [1.82, 2.24) is 10.9 Å². The van der Waals surface area contributed by atoms with Gasteiger partial charge in [-0.3, -0.25) is 19.8 Å². The molecule has 4 aromatic rings. The molecule has 0 saturated heterocycles. The molecule has 0 atom stereocenters. The molecule has 4 rings (SSSR count). The van der Waals surface area contributed by atoms with Gasteiger partial charge < -0.3 is 22.3 Å². The molecule has 0 aliphatic rings. The van der Waals surface area contributed by atoms with Gasteiger partial charge in [-0.1, -0.05) is 146 Å². The van der Waals surface area contributed by atoms with Crippen LogP contribution in [0.3, 0.4) is 0 Å². The van der Waals surface area contributed by atoms with Gasteiger partial charge >= 0.3 is 16.8 Å². The minimum atomic E-state index is -0.237. The first-order valence-electron chi connectivity index (χ1n) is 11.9. The van der Waals surface area contributed by atoms with Crippen molar-refractivity contribution in [3.05, 3.63) is 155 Å². The topological polar surface area (TPSA) is 131 Å². The quantitative estimate of drug-likeness (QED) is 0.101. The van der Waals surface area contributed by atoms with Crippen LogP contribution in [-0.2, 0) is 16.8 Å². The summed E-state index contributed by atoms with van der Waals surface area (Å²) < 4.78 is 0. The van der Waals surface area contributed by atoms with Gasteiger partial charge in [-0.05, 0) is 0 Å². The van der Waals surface area contributed by atoms with E-state index in [1.807, 2.05) is 48.5 Å². The number of thiocarbonyl (C=S) groups is 2. The molecule has 0 unspecified atom stereocenters. The molecule has 11 heteroatoms. The van der Waals surface area contributed by atoms with Gasteiger partial charge in [0.15, 0.2) is 0 Å². The number of rotatable bonds is 8. The molecular weight excluding hydrogens is 599 g/mol. The Balaban J connectivity index is 0.000000280. The van der Waals surface area contributed by atoms with Crippen LogP contribution in [0.25, 0.3) is 11.5 Å². The van der Waals surface area contributed by atoms with Crippen LogP contribution < -0.4 is 10.9 Å². The van der Waals surface area contributed by atoms with E-state index < -0.39 is 0 Å². The molecule has 0 aliphatic carbocycles. The minimum absolute atomic E-state index is 0. The summed E-state index contributed by atoms with van der Waals surface area (Å²) in [5, 5.41) is 7.44. The van der Waals surface area contributed by atoms with Gasteiger partial charge in [0.05, 0.1) is 0 Å². The molecule has 0 aromatic heterocycles. The van der Waals surface area contributed by atoms with Gasteiger partial charge in [0.25, 0.3) is 0 Å². The van der Waals surface area contributed by atoms with E-state index in [2.05, 4.69) is 45.5 Å². The molecule has 0 saturated carbocycles. The Morgan fingerprint density at radius 3 is 0.976 bits per heavy atom. The Kier molecular flexibility index (Phi) is 13.7. The van der Waals surface area contributed by atoms with E-state index in [0.717, 1.165) is 0 Å². The number of benzene rings is 4. The van der Waals surface area contributed by atoms with Crippen LogP contribution in [0.4, 0.5) is 0 Å². The van der Waals surface area contributed by atoms with E-state index >= 15 is 0 Å². The summed E-state index contributed by atoms with van der Waals surface area (Å²) in [5.41, 5.74) is 22.0. The van der Waals surface area contributed by atoms with E-state index in [1.54, 1.807) is 72.8 Å². The predicted octanol–water partition coefficient (Wildman–Crippen LogP) is 6.40. The third-order valence-corrected chi connectivity index (χ3v) is 5.32. The minimum Gasteiger partial charge on any atom is -0.472 e. The van der Waals surface area contributed by atoms with E-state index in [0.29, 0.717) is 22.3 Å². The van der Waals surface area contributed by atoms with Crippen LogP contribution in [0.15, 0.2) is 132 Å². The Labute approximate surface area is 259 Å². The maximum Gasteiger partial charge on any atom is 2.00 e. The summed E-state index contributed by atoms with van der Waals surface area (Å²) in [5.74, 6) is -0.443. The van der Waals surface area contributed by atoms with Crippen molar-refractivity contribution in [2.75, 3.05) is 0 Å². The van der Waals surface area contributed by atoms with Crippen LogP contribution >= 0.6 is 24.4 Å². The largest absolute Gasteiger partial charge is 2.00 e. The average Bonchev–Trinajstić information content (AvgIpc) is 2.99. The van der Waals surface area contributed by atoms with Crippen LogP contribution in [0.1, 0.15) is 31.8 Å². The molecule has 0 heterocycles. The fraction of sp³-hybridized carbons (Fsp3) is 0. The third-order valence-electron chi connectivity index (χ3n) is 5.14. The zero-order valence-electron chi connectivity index (χ0n) is 21.4. The molecule has 207 valence electrons. The first-order valence-corrected chi connectivity index (χ1v) is 12.7. The number of Topliss-reactive ketones (excluding diaryl/α,β-unsaturated/α-hetero) is 2. The molecule has 0 fully saturated rings. The summed E-state index contributed by atoms with van der Waals surface area (Å²) >= 11 is 9.21. The number of nitrogens with zero attached hydrogens (tertiary/aromatic N) is 2. The van der Waals surface area contributed by atoms with Gasteiger partial charge in [0.2, 0.25) is 11.6 Å². The summed E-state index contributed by atoms with van der Waals surface area (Å²) in [6.45, 7) is 0. The van der Waals surface area contributed by atoms with Gasteiger partial charge in [0.1, 0.15) is 11.4 Å². The zero-order valence-corrected chi connectivity index (χ0v) is 24.1. The Bertz CT molecular complexity index is 1400. The number of nitrogens with one attached hydrogen (secondary N) is 4. The predicted molar refractivity (Wildman–Crippen MR) is 168 cm³/mol. The smallest absolute Gasteiger partial charge is 0.472 e. The zero-order chi connectivity index (χ0) is 28.7. The van der Waals surface area contributed by atoms with E-state index in [-0.39, 0.29) is 50.0 Å². The average molecular weight is 624 g/mol. The number of ketones is 2. The van der Waals surface area contributed by atoms with E-state index in [4.69, 9.17) is 11.5 Å². The molecule has 0 amide bonds. The van der Waals surface area contributed by atoms with Crippen LogP contribution in [0, 0.1) is 0 Å². The second kappa shape index (κ2) is 17.2. The fourth-order valence-corrected chi connectivity index (χ4v) is 3.44. The van der Waals surface area contributed by atoms with Crippen molar-refractivity contribution < 1.29 is 26.4 Å². The Morgan fingerprint density at radius 2 is 0.732 bits per heavy atom. The molecular formula is C30H24CoN6O2S2. The molecule has 0 spiro atoms. The van der Waals surface area contributed by atoms with Crippen LogP contribution in [-0.4, -0.2) is 33.2 Å². The van der Waals surface area contributed by atoms with Gasteiger partial charge in [0, 0.05) is 32.5 Å². The first-order chi connectivity index (χ1) is 19.4. The number of hydrogen-bond donors (Lipinski definition) is 2. The molecule has 1 radical (unpaired) electrons. The van der Waals surface area contributed by atoms with Crippen molar-refractivity contribution in [3.8, 4) is 0 Å². The van der Waals surface area contributed by atoms with Gasteiger partial charge in [-0.2, -0.15) is 0 Å². The van der Waals surface area contributed by atoms with Crippen molar-refractivity contribution in [2.45, 2.75) is 0 Å². The molecule has 8 nitrogen and oxygen atoms in total. The van der Waals surface area contributed by atoms with Crippen molar-refractivity contribution in [1.29, 1.82) is 0 Å². The number of hydrazone groups is 2. The standard InChI is InChI=1S/2C15H13N3OS.Co/c2*16-15(20)18-17-13(11-7-3-1-4-8-11)14(19)12-9-5-2-6-10-12;/h2*1-10H,(H3,16,18,19,20);/q;;+2/p-2. The Hall–Kier alpha value is -4.55. The molecule has 4 aromatic carbocycles. The summed E-state index contributed by atoms with van der Waals surface area (Å²) in [4.78, 5) is 25.0. The maximum atomic E-state index is 12.5. The molecule has 4 N–H and O–H groups in total. The Morgan fingerprint density at radius 1 is 0.488 bits per heavy atom. The summed E-state index contributed by atoms with van der Waals surface area (Å²) in [7, 11) is 0. The normalized spacial score (nSPS) is 10.6. The fourth-order valence-electron chi connectivity index (χ4n) is 3.35. The number of carbonyl (C=O) groups is 2. The molecule has 41 heavy (non-hydrogen) atoms. The number of hydrogen-bond acceptors (Lipinski definition) is 6. The van der Waals surface area contributed by atoms with Crippen LogP contribution in [0.5, 0.6) is 0 Å². The summed E-state index contributed by atoms with van der Waals surface area (Å²) in [6, 6.07) is 35.9. The molecule has 0 aliphatic heterocycles. The van der Waals surface area contributed by atoms with Crippen molar-refractivity contribution in [3.63, 3.8) is 0 Å². The first kappa shape index (κ1) is 32.7.